The molecule has 2 aromatic rings. The monoisotopic (exact) mass is 423 g/mol. The van der Waals surface area contributed by atoms with E-state index in [-0.39, 0.29) is 5.56 Å². The average Bonchev–Trinajstić information content (AvgIpc) is 2.79. The molecule has 1 aliphatic rings. The smallest absolute Gasteiger partial charge is 0.309 e. The van der Waals surface area contributed by atoms with Gasteiger partial charge in [-0.2, -0.15) is 14.0 Å². The van der Waals surface area contributed by atoms with Crippen LogP contribution >= 0.6 is 0 Å². The third kappa shape index (κ3) is 6.24. The first kappa shape index (κ1) is 23.2. The van der Waals surface area contributed by atoms with E-state index in [0.29, 0.717) is 17.0 Å². The van der Waals surface area contributed by atoms with Crippen molar-refractivity contribution in [2.24, 2.45) is 5.92 Å². The van der Waals surface area contributed by atoms with Crippen LogP contribution < -0.4 is 0 Å². The molecule has 2 aromatic carbocycles. The van der Waals surface area contributed by atoms with Gasteiger partial charge in [0.05, 0.1) is 23.3 Å². The summed E-state index contributed by atoms with van der Waals surface area (Å²) in [5.74, 6) is 1.24. The number of nitriles is 1. The maximum absolute atomic E-state index is 14.7. The molecule has 0 aliphatic heterocycles. The van der Waals surface area contributed by atoms with Gasteiger partial charge in [0.25, 0.3) is 0 Å². The standard InChI is InChI=1S/C27H31F2NO/c1-3-4-5-6-21-7-13-24(14-8-21)25-15-17-26(18-16-25)27(28,29)31-20(2)23-11-9-22(19-30)10-12-23/h3-4,9-12,15-18,20-21,24H,5-8,13-14H2,1-2H3/b4-3+. The zero-order valence-corrected chi connectivity index (χ0v) is 18.4. The molecule has 0 N–H and O–H groups in total. The second-order valence-electron chi connectivity index (χ2n) is 8.50. The van der Waals surface area contributed by atoms with Gasteiger partial charge in [0.1, 0.15) is 0 Å². The highest BCUT2D eigenvalue weighted by molar-refractivity contribution is 5.32. The molecular formula is C27H31F2NO. The highest BCUT2D eigenvalue weighted by Gasteiger charge is 2.35. The van der Waals surface area contributed by atoms with E-state index in [2.05, 4.69) is 19.1 Å². The Hall–Kier alpha value is -2.51. The third-order valence-corrected chi connectivity index (χ3v) is 6.38. The molecule has 1 saturated carbocycles. The number of rotatable bonds is 8. The average molecular weight is 424 g/mol. The van der Waals surface area contributed by atoms with Crippen LogP contribution in [-0.2, 0) is 10.8 Å². The van der Waals surface area contributed by atoms with Crippen LogP contribution in [0.5, 0.6) is 0 Å². The summed E-state index contributed by atoms with van der Waals surface area (Å²) in [5.41, 5.74) is 2.12. The predicted molar refractivity (Wildman–Crippen MR) is 120 cm³/mol. The first-order valence-electron chi connectivity index (χ1n) is 11.2. The minimum absolute atomic E-state index is 0.128. The Morgan fingerprint density at radius 3 is 2.29 bits per heavy atom. The minimum Gasteiger partial charge on any atom is -0.309 e. The Morgan fingerprint density at radius 2 is 1.71 bits per heavy atom. The Morgan fingerprint density at radius 1 is 1.06 bits per heavy atom. The molecule has 31 heavy (non-hydrogen) atoms. The summed E-state index contributed by atoms with van der Waals surface area (Å²) in [4.78, 5) is 0. The van der Waals surface area contributed by atoms with Crippen LogP contribution in [-0.4, -0.2) is 0 Å². The quantitative estimate of drug-likeness (QED) is 0.403. The number of hydrogen-bond acceptors (Lipinski definition) is 2. The van der Waals surface area contributed by atoms with E-state index in [1.54, 1.807) is 31.2 Å². The lowest BCUT2D eigenvalue weighted by Gasteiger charge is -2.29. The molecule has 0 radical (unpaired) electrons. The van der Waals surface area contributed by atoms with Crippen LogP contribution in [0.1, 0.15) is 86.6 Å². The summed E-state index contributed by atoms with van der Waals surface area (Å²) in [6, 6.07) is 15.2. The van der Waals surface area contributed by atoms with E-state index < -0.39 is 12.2 Å². The van der Waals surface area contributed by atoms with Crippen molar-refractivity contribution >= 4 is 0 Å². The maximum atomic E-state index is 14.7. The second-order valence-corrected chi connectivity index (χ2v) is 8.50. The lowest BCUT2D eigenvalue weighted by molar-refractivity contribution is -0.272. The normalized spacial score (nSPS) is 20.5. The molecule has 164 valence electrons. The summed E-state index contributed by atoms with van der Waals surface area (Å²) >= 11 is 0. The van der Waals surface area contributed by atoms with Gasteiger partial charge in [0.2, 0.25) is 0 Å². The molecule has 0 aromatic heterocycles. The summed E-state index contributed by atoms with van der Waals surface area (Å²) in [5, 5.41) is 8.87. The van der Waals surface area contributed by atoms with E-state index in [0.717, 1.165) is 30.7 Å². The van der Waals surface area contributed by atoms with E-state index in [1.807, 2.05) is 18.2 Å². The van der Waals surface area contributed by atoms with Crippen molar-refractivity contribution in [1.29, 1.82) is 5.26 Å². The number of halogens is 2. The number of benzene rings is 2. The fraction of sp³-hybridized carbons (Fsp3) is 0.444. The van der Waals surface area contributed by atoms with E-state index >= 15 is 0 Å². The van der Waals surface area contributed by atoms with Crippen molar-refractivity contribution in [3.8, 4) is 6.07 Å². The molecule has 3 rings (SSSR count). The lowest BCUT2D eigenvalue weighted by Crippen LogP contribution is -2.20. The first-order chi connectivity index (χ1) is 14.9. The molecule has 2 nitrogen and oxygen atoms in total. The van der Waals surface area contributed by atoms with Crippen molar-refractivity contribution in [2.75, 3.05) is 0 Å². The van der Waals surface area contributed by atoms with Gasteiger partial charge in [0.15, 0.2) is 0 Å². The van der Waals surface area contributed by atoms with Gasteiger partial charge in [-0.25, -0.2) is 0 Å². The van der Waals surface area contributed by atoms with Gasteiger partial charge >= 0.3 is 6.11 Å². The van der Waals surface area contributed by atoms with Crippen LogP contribution in [0.25, 0.3) is 0 Å². The van der Waals surface area contributed by atoms with Gasteiger partial charge in [0, 0.05) is 0 Å². The molecule has 1 atom stereocenters. The lowest BCUT2D eigenvalue weighted by atomic mass is 9.77. The Kier molecular flexibility index (Phi) is 7.98. The highest BCUT2D eigenvalue weighted by Crippen LogP contribution is 2.39. The molecule has 1 unspecified atom stereocenters. The molecule has 1 fully saturated rings. The molecule has 1 aliphatic carbocycles. The second kappa shape index (κ2) is 10.7. The van der Waals surface area contributed by atoms with Crippen molar-refractivity contribution in [3.63, 3.8) is 0 Å². The number of hydrogen-bond donors (Lipinski definition) is 0. The van der Waals surface area contributed by atoms with Crippen LogP contribution in [0.15, 0.2) is 60.7 Å². The zero-order chi connectivity index (χ0) is 22.3. The van der Waals surface area contributed by atoms with Crippen molar-refractivity contribution in [1.82, 2.24) is 0 Å². The van der Waals surface area contributed by atoms with E-state index in [1.165, 1.54) is 31.4 Å². The van der Waals surface area contributed by atoms with Gasteiger partial charge in [-0.3, -0.25) is 0 Å². The topological polar surface area (TPSA) is 33.0 Å². The van der Waals surface area contributed by atoms with E-state index in [4.69, 9.17) is 10.00 Å². The van der Waals surface area contributed by atoms with E-state index in [9.17, 15) is 8.78 Å². The van der Waals surface area contributed by atoms with Gasteiger partial charge in [-0.05, 0) is 87.5 Å². The van der Waals surface area contributed by atoms with Crippen LogP contribution in [0, 0.1) is 17.2 Å². The number of nitrogens with zero attached hydrogens (tertiary/aromatic N) is 1. The van der Waals surface area contributed by atoms with Gasteiger partial charge in [-0.15, -0.1) is 0 Å². The number of allylic oxidation sites excluding steroid dienone is 2. The van der Waals surface area contributed by atoms with Gasteiger partial charge in [-0.1, -0.05) is 48.6 Å². The fourth-order valence-electron chi connectivity index (χ4n) is 4.42. The van der Waals surface area contributed by atoms with Crippen molar-refractivity contribution in [3.05, 3.63) is 82.9 Å². The van der Waals surface area contributed by atoms with Crippen molar-refractivity contribution < 1.29 is 13.5 Å². The number of ether oxygens (including phenoxy) is 1. The molecule has 0 spiro atoms. The molecule has 4 heteroatoms. The van der Waals surface area contributed by atoms with Crippen LogP contribution in [0.4, 0.5) is 8.78 Å². The highest BCUT2D eigenvalue weighted by atomic mass is 19.3. The van der Waals surface area contributed by atoms with Gasteiger partial charge < -0.3 is 4.74 Å². The zero-order valence-electron chi connectivity index (χ0n) is 18.4. The molecule has 0 heterocycles. The largest absolute Gasteiger partial charge is 0.383 e. The molecule has 0 saturated heterocycles. The summed E-state index contributed by atoms with van der Waals surface area (Å²) in [6.07, 6.45) is 7.25. The number of alkyl halides is 2. The Labute approximate surface area is 184 Å². The molecule has 0 amide bonds. The summed E-state index contributed by atoms with van der Waals surface area (Å²) in [6.45, 7) is 3.65. The Bertz CT molecular complexity index is 888. The third-order valence-electron chi connectivity index (χ3n) is 6.38. The van der Waals surface area contributed by atoms with Crippen LogP contribution in [0.3, 0.4) is 0 Å². The SMILES string of the molecule is C/C=C/CCC1CCC(c2ccc(C(F)(F)OC(C)c3ccc(C#N)cc3)cc2)CC1. The molecular weight excluding hydrogens is 392 g/mol. The Balaban J connectivity index is 1.57. The first-order valence-corrected chi connectivity index (χ1v) is 11.2. The van der Waals surface area contributed by atoms with Crippen LogP contribution in [0.2, 0.25) is 0 Å². The minimum atomic E-state index is -3.38. The summed E-state index contributed by atoms with van der Waals surface area (Å²) < 4.78 is 34.6. The molecule has 0 bridgehead atoms. The maximum Gasteiger partial charge on any atom is 0.383 e. The summed E-state index contributed by atoms with van der Waals surface area (Å²) in [7, 11) is 0. The van der Waals surface area contributed by atoms with Crippen molar-refractivity contribution in [2.45, 2.75) is 70.5 Å². The fourth-order valence-corrected chi connectivity index (χ4v) is 4.42. The predicted octanol–water partition coefficient (Wildman–Crippen LogP) is 8.02.